The summed E-state index contributed by atoms with van der Waals surface area (Å²) in [5, 5.41) is 7.40. The maximum absolute atomic E-state index is 13.1. The second kappa shape index (κ2) is 8.59. The molecule has 1 atom stereocenters. The van der Waals surface area contributed by atoms with Crippen LogP contribution in [0.4, 0.5) is 4.39 Å². The Morgan fingerprint density at radius 3 is 2.62 bits per heavy atom. The Balaban J connectivity index is 1.88. The summed E-state index contributed by atoms with van der Waals surface area (Å²) in [6.45, 7) is 4.15. The molecule has 1 aromatic carbocycles. The lowest BCUT2D eigenvalue weighted by molar-refractivity contribution is -0.123. The number of thiophene rings is 1. The Kier molecular flexibility index (Phi) is 6.49. The highest BCUT2D eigenvalue weighted by atomic mass is 32.1. The van der Waals surface area contributed by atoms with Crippen LogP contribution < -0.4 is 10.6 Å². The molecule has 2 N–H and O–H groups in total. The summed E-state index contributed by atoms with van der Waals surface area (Å²) in [4.78, 5) is 25.1. The number of rotatable bonds is 7. The standard InChI is InChI=1S/C18H21FN2O2S/c1-12(2)16(21-17(22)15-7-4-10-24-15)18(23)20-9-8-13-5-3-6-14(19)11-13/h3-7,10-12,16H,8-9H2,1-2H3,(H,20,23)(H,21,22). The van der Waals surface area contributed by atoms with E-state index in [9.17, 15) is 14.0 Å². The molecule has 0 bridgehead atoms. The molecule has 0 fully saturated rings. The van der Waals surface area contributed by atoms with E-state index in [2.05, 4.69) is 10.6 Å². The smallest absolute Gasteiger partial charge is 0.262 e. The maximum Gasteiger partial charge on any atom is 0.262 e. The van der Waals surface area contributed by atoms with E-state index in [1.54, 1.807) is 18.2 Å². The largest absolute Gasteiger partial charge is 0.354 e. The third kappa shape index (κ3) is 5.16. The minimum Gasteiger partial charge on any atom is -0.354 e. The molecule has 2 rings (SSSR count). The Morgan fingerprint density at radius 2 is 2.00 bits per heavy atom. The second-order valence-electron chi connectivity index (χ2n) is 5.84. The molecule has 24 heavy (non-hydrogen) atoms. The summed E-state index contributed by atoms with van der Waals surface area (Å²) in [7, 11) is 0. The van der Waals surface area contributed by atoms with Crippen molar-refractivity contribution in [3.63, 3.8) is 0 Å². The van der Waals surface area contributed by atoms with Gasteiger partial charge in [0.25, 0.3) is 5.91 Å². The molecule has 0 saturated carbocycles. The highest BCUT2D eigenvalue weighted by Gasteiger charge is 2.24. The van der Waals surface area contributed by atoms with Crippen LogP contribution in [0.15, 0.2) is 41.8 Å². The van der Waals surface area contributed by atoms with E-state index in [0.29, 0.717) is 17.8 Å². The van der Waals surface area contributed by atoms with Crippen LogP contribution in [0.1, 0.15) is 29.1 Å². The lowest BCUT2D eigenvalue weighted by atomic mass is 10.0. The lowest BCUT2D eigenvalue weighted by Gasteiger charge is -2.21. The summed E-state index contributed by atoms with van der Waals surface area (Å²) in [6.07, 6.45) is 0.535. The number of carbonyl (C=O) groups excluding carboxylic acids is 2. The van der Waals surface area contributed by atoms with Gasteiger partial charge in [-0.25, -0.2) is 4.39 Å². The highest BCUT2D eigenvalue weighted by molar-refractivity contribution is 7.12. The molecule has 4 nitrogen and oxygen atoms in total. The summed E-state index contributed by atoms with van der Waals surface area (Å²) in [6, 6.07) is 9.20. The van der Waals surface area contributed by atoms with Crippen LogP contribution in [-0.4, -0.2) is 24.4 Å². The lowest BCUT2D eigenvalue weighted by Crippen LogP contribution is -2.49. The molecular formula is C18H21FN2O2S. The van der Waals surface area contributed by atoms with Crippen LogP contribution in [0.5, 0.6) is 0 Å². The number of benzene rings is 1. The molecule has 128 valence electrons. The second-order valence-corrected chi connectivity index (χ2v) is 6.79. The summed E-state index contributed by atoms with van der Waals surface area (Å²) in [5.41, 5.74) is 0.819. The molecule has 1 heterocycles. The molecule has 0 aliphatic heterocycles. The van der Waals surface area contributed by atoms with Gasteiger partial charge in [0.05, 0.1) is 4.88 Å². The van der Waals surface area contributed by atoms with Gasteiger partial charge in [-0.3, -0.25) is 9.59 Å². The third-order valence-electron chi connectivity index (χ3n) is 3.58. The fourth-order valence-electron chi connectivity index (χ4n) is 2.29. The predicted octanol–water partition coefficient (Wildman–Crippen LogP) is 3.00. The Hall–Kier alpha value is -2.21. The Morgan fingerprint density at radius 1 is 1.21 bits per heavy atom. The van der Waals surface area contributed by atoms with Crippen molar-refractivity contribution >= 4 is 23.2 Å². The van der Waals surface area contributed by atoms with Crippen molar-refractivity contribution in [2.75, 3.05) is 6.54 Å². The van der Waals surface area contributed by atoms with Gasteiger partial charge >= 0.3 is 0 Å². The molecule has 0 radical (unpaired) electrons. The maximum atomic E-state index is 13.1. The number of halogens is 1. The Labute approximate surface area is 145 Å². The zero-order valence-corrected chi connectivity index (χ0v) is 14.5. The van der Waals surface area contributed by atoms with Crippen molar-refractivity contribution in [3.05, 3.63) is 58.0 Å². The molecule has 0 saturated heterocycles. The number of hydrogen-bond acceptors (Lipinski definition) is 3. The molecule has 1 unspecified atom stereocenters. The Bertz CT molecular complexity index is 686. The first-order valence-corrected chi connectivity index (χ1v) is 8.72. The molecule has 2 aromatic rings. The molecule has 0 aliphatic rings. The summed E-state index contributed by atoms with van der Waals surface area (Å²) >= 11 is 1.33. The number of nitrogens with one attached hydrogen (secondary N) is 2. The molecule has 0 spiro atoms. The summed E-state index contributed by atoms with van der Waals surface area (Å²) < 4.78 is 13.1. The number of amides is 2. The van der Waals surface area contributed by atoms with Crippen molar-refractivity contribution in [3.8, 4) is 0 Å². The van der Waals surface area contributed by atoms with Crippen LogP contribution in [0.3, 0.4) is 0 Å². The SMILES string of the molecule is CC(C)C(NC(=O)c1cccs1)C(=O)NCCc1cccc(F)c1. The van der Waals surface area contributed by atoms with Crippen LogP contribution in [-0.2, 0) is 11.2 Å². The van der Waals surface area contributed by atoms with Gasteiger partial charge < -0.3 is 10.6 Å². The van der Waals surface area contributed by atoms with Gasteiger partial charge in [0.1, 0.15) is 11.9 Å². The quantitative estimate of drug-likeness (QED) is 0.808. The van der Waals surface area contributed by atoms with Gasteiger partial charge in [0.2, 0.25) is 5.91 Å². The van der Waals surface area contributed by atoms with E-state index in [0.717, 1.165) is 5.56 Å². The topological polar surface area (TPSA) is 58.2 Å². The van der Waals surface area contributed by atoms with Crippen LogP contribution in [0.2, 0.25) is 0 Å². The van der Waals surface area contributed by atoms with E-state index in [-0.39, 0.29) is 23.5 Å². The minimum atomic E-state index is -0.605. The van der Waals surface area contributed by atoms with Crippen LogP contribution >= 0.6 is 11.3 Å². The first-order valence-electron chi connectivity index (χ1n) is 7.84. The van der Waals surface area contributed by atoms with E-state index < -0.39 is 6.04 Å². The van der Waals surface area contributed by atoms with Gasteiger partial charge in [-0.05, 0) is 41.5 Å². The van der Waals surface area contributed by atoms with Crippen molar-refractivity contribution in [1.29, 1.82) is 0 Å². The molecule has 0 aliphatic carbocycles. The van der Waals surface area contributed by atoms with E-state index >= 15 is 0 Å². The average molecular weight is 348 g/mol. The predicted molar refractivity (Wildman–Crippen MR) is 93.5 cm³/mol. The van der Waals surface area contributed by atoms with E-state index in [1.807, 2.05) is 25.3 Å². The molecule has 1 aromatic heterocycles. The monoisotopic (exact) mass is 348 g/mol. The van der Waals surface area contributed by atoms with Crippen molar-refractivity contribution in [1.82, 2.24) is 10.6 Å². The zero-order chi connectivity index (χ0) is 17.5. The van der Waals surface area contributed by atoms with Gasteiger partial charge in [0, 0.05) is 6.54 Å². The number of carbonyl (C=O) groups is 2. The third-order valence-corrected chi connectivity index (χ3v) is 4.45. The van der Waals surface area contributed by atoms with Gasteiger partial charge in [-0.1, -0.05) is 32.0 Å². The first-order chi connectivity index (χ1) is 11.5. The van der Waals surface area contributed by atoms with E-state index in [4.69, 9.17) is 0 Å². The minimum absolute atomic E-state index is 0.0388. The van der Waals surface area contributed by atoms with Crippen molar-refractivity contribution < 1.29 is 14.0 Å². The molecule has 2 amide bonds. The van der Waals surface area contributed by atoms with Gasteiger partial charge in [-0.15, -0.1) is 11.3 Å². The van der Waals surface area contributed by atoms with Crippen molar-refractivity contribution in [2.24, 2.45) is 5.92 Å². The fourth-order valence-corrected chi connectivity index (χ4v) is 2.91. The fraction of sp³-hybridized carbons (Fsp3) is 0.333. The highest BCUT2D eigenvalue weighted by Crippen LogP contribution is 2.10. The first kappa shape index (κ1) is 18.1. The van der Waals surface area contributed by atoms with Crippen LogP contribution in [0, 0.1) is 11.7 Å². The number of hydrogen-bond donors (Lipinski definition) is 2. The van der Waals surface area contributed by atoms with Gasteiger partial charge in [-0.2, -0.15) is 0 Å². The normalized spacial score (nSPS) is 12.0. The van der Waals surface area contributed by atoms with E-state index in [1.165, 1.54) is 23.5 Å². The molecule has 6 heteroatoms. The zero-order valence-electron chi connectivity index (χ0n) is 13.7. The summed E-state index contributed by atoms with van der Waals surface area (Å²) in [5.74, 6) is -0.805. The van der Waals surface area contributed by atoms with Crippen LogP contribution in [0.25, 0.3) is 0 Å². The average Bonchev–Trinajstić information content (AvgIpc) is 3.06. The van der Waals surface area contributed by atoms with Crippen molar-refractivity contribution in [2.45, 2.75) is 26.3 Å². The molecular weight excluding hydrogens is 327 g/mol. The van der Waals surface area contributed by atoms with Gasteiger partial charge in [0.15, 0.2) is 0 Å².